The molecule has 0 aliphatic carbocycles. The third kappa shape index (κ3) is 7.80. The van der Waals surface area contributed by atoms with Gasteiger partial charge >= 0.3 is 5.97 Å². The lowest BCUT2D eigenvalue weighted by Gasteiger charge is -2.20. The Balaban J connectivity index is 2.61. The SMILES string of the molecule is Cc1ccccc1C(=O)NC(CC(C)C)C(=O)NCCOCC(=O)O. The lowest BCUT2D eigenvalue weighted by Crippen LogP contribution is -2.48. The molecule has 0 fully saturated rings. The quantitative estimate of drug-likeness (QED) is 0.553. The number of aryl methyl sites for hydroxylation is 1. The molecular formula is C18H26N2O5. The van der Waals surface area contributed by atoms with Gasteiger partial charge in [-0.25, -0.2) is 4.79 Å². The third-order valence-corrected chi connectivity index (χ3v) is 3.49. The van der Waals surface area contributed by atoms with Crippen molar-refractivity contribution in [2.24, 2.45) is 5.92 Å². The van der Waals surface area contributed by atoms with Crippen LogP contribution in [0, 0.1) is 12.8 Å². The molecule has 0 radical (unpaired) electrons. The molecule has 1 unspecified atom stereocenters. The predicted octanol–water partition coefficient (Wildman–Crippen LogP) is 1.36. The average molecular weight is 350 g/mol. The Morgan fingerprint density at radius 2 is 1.88 bits per heavy atom. The standard InChI is InChI=1S/C18H26N2O5/c1-12(2)10-15(18(24)19-8-9-25-11-16(21)22)20-17(23)14-7-5-4-6-13(14)3/h4-7,12,15H,8-11H2,1-3H3,(H,19,24)(H,20,23)(H,21,22). The average Bonchev–Trinajstić information content (AvgIpc) is 2.53. The van der Waals surface area contributed by atoms with Crippen molar-refractivity contribution in [3.8, 4) is 0 Å². The maximum absolute atomic E-state index is 12.4. The first-order valence-corrected chi connectivity index (χ1v) is 8.25. The van der Waals surface area contributed by atoms with Gasteiger partial charge in [-0.2, -0.15) is 0 Å². The van der Waals surface area contributed by atoms with Gasteiger partial charge in [0.1, 0.15) is 12.6 Å². The van der Waals surface area contributed by atoms with Crippen molar-refractivity contribution in [2.45, 2.75) is 33.2 Å². The zero-order chi connectivity index (χ0) is 18.8. The van der Waals surface area contributed by atoms with Crippen LogP contribution >= 0.6 is 0 Å². The van der Waals surface area contributed by atoms with Gasteiger partial charge in [-0.1, -0.05) is 32.0 Å². The van der Waals surface area contributed by atoms with Gasteiger partial charge in [0.15, 0.2) is 0 Å². The van der Waals surface area contributed by atoms with Crippen LogP contribution < -0.4 is 10.6 Å². The van der Waals surface area contributed by atoms with E-state index in [0.29, 0.717) is 12.0 Å². The van der Waals surface area contributed by atoms with Gasteiger partial charge in [0.25, 0.3) is 5.91 Å². The molecule has 7 heteroatoms. The van der Waals surface area contributed by atoms with E-state index in [1.165, 1.54) is 0 Å². The second-order valence-corrected chi connectivity index (χ2v) is 6.21. The first-order chi connectivity index (χ1) is 11.8. The van der Waals surface area contributed by atoms with Crippen molar-refractivity contribution in [1.29, 1.82) is 0 Å². The zero-order valence-electron chi connectivity index (χ0n) is 14.9. The number of carbonyl (C=O) groups is 3. The summed E-state index contributed by atoms with van der Waals surface area (Å²) in [5.41, 5.74) is 1.37. The van der Waals surface area contributed by atoms with Crippen LogP contribution in [-0.4, -0.2) is 48.7 Å². The van der Waals surface area contributed by atoms with Crippen molar-refractivity contribution in [3.63, 3.8) is 0 Å². The highest BCUT2D eigenvalue weighted by Crippen LogP contribution is 2.10. The van der Waals surface area contributed by atoms with Crippen LogP contribution in [0.1, 0.15) is 36.2 Å². The third-order valence-electron chi connectivity index (χ3n) is 3.49. The number of carboxylic acid groups (broad SMARTS) is 1. The van der Waals surface area contributed by atoms with E-state index in [-0.39, 0.29) is 30.9 Å². The Morgan fingerprint density at radius 3 is 2.48 bits per heavy atom. The molecule has 0 aromatic heterocycles. The first-order valence-electron chi connectivity index (χ1n) is 8.25. The number of rotatable bonds is 10. The topological polar surface area (TPSA) is 105 Å². The van der Waals surface area contributed by atoms with E-state index in [1.54, 1.807) is 12.1 Å². The Hall–Kier alpha value is -2.41. The summed E-state index contributed by atoms with van der Waals surface area (Å²) in [7, 11) is 0. The molecule has 25 heavy (non-hydrogen) atoms. The predicted molar refractivity (Wildman–Crippen MR) is 93.4 cm³/mol. The molecule has 0 aliphatic heterocycles. The van der Waals surface area contributed by atoms with Gasteiger partial charge in [0, 0.05) is 12.1 Å². The highest BCUT2D eigenvalue weighted by Gasteiger charge is 2.22. The number of benzene rings is 1. The van der Waals surface area contributed by atoms with Gasteiger partial charge in [0.05, 0.1) is 6.61 Å². The van der Waals surface area contributed by atoms with E-state index in [9.17, 15) is 14.4 Å². The molecule has 1 rings (SSSR count). The van der Waals surface area contributed by atoms with Crippen molar-refractivity contribution < 1.29 is 24.2 Å². The van der Waals surface area contributed by atoms with Crippen molar-refractivity contribution >= 4 is 17.8 Å². The maximum Gasteiger partial charge on any atom is 0.329 e. The Labute approximate surface area is 147 Å². The van der Waals surface area contributed by atoms with E-state index in [0.717, 1.165) is 5.56 Å². The fourth-order valence-corrected chi connectivity index (χ4v) is 2.30. The summed E-state index contributed by atoms with van der Waals surface area (Å²) in [5.74, 6) is -1.44. The normalized spacial score (nSPS) is 11.8. The number of hydrogen-bond donors (Lipinski definition) is 3. The Morgan fingerprint density at radius 1 is 1.20 bits per heavy atom. The van der Waals surface area contributed by atoms with Gasteiger partial charge in [-0.3, -0.25) is 9.59 Å². The zero-order valence-corrected chi connectivity index (χ0v) is 14.9. The van der Waals surface area contributed by atoms with Crippen LogP contribution in [0.4, 0.5) is 0 Å². The minimum Gasteiger partial charge on any atom is -0.480 e. The maximum atomic E-state index is 12.4. The highest BCUT2D eigenvalue weighted by molar-refractivity contribution is 5.98. The number of carboxylic acids is 1. The van der Waals surface area contributed by atoms with Crippen molar-refractivity contribution in [1.82, 2.24) is 10.6 Å². The summed E-state index contributed by atoms with van der Waals surface area (Å²) in [6.07, 6.45) is 0.499. The number of carbonyl (C=O) groups excluding carboxylic acids is 2. The van der Waals surface area contributed by atoms with Gasteiger partial charge in [0.2, 0.25) is 5.91 Å². The minimum atomic E-state index is -1.06. The molecule has 0 aliphatic rings. The number of amides is 2. The molecule has 1 atom stereocenters. The summed E-state index contributed by atoms with van der Waals surface area (Å²) in [5, 5.41) is 13.9. The molecular weight excluding hydrogens is 324 g/mol. The lowest BCUT2D eigenvalue weighted by atomic mass is 10.0. The van der Waals surface area contributed by atoms with Crippen LogP contribution in [-0.2, 0) is 14.3 Å². The van der Waals surface area contributed by atoms with E-state index < -0.39 is 18.6 Å². The number of nitrogens with one attached hydrogen (secondary N) is 2. The summed E-state index contributed by atoms with van der Waals surface area (Å²) in [6, 6.07) is 6.52. The summed E-state index contributed by atoms with van der Waals surface area (Å²) in [4.78, 5) is 35.1. The molecule has 0 spiro atoms. The summed E-state index contributed by atoms with van der Waals surface area (Å²) >= 11 is 0. The fourth-order valence-electron chi connectivity index (χ4n) is 2.30. The fraction of sp³-hybridized carbons (Fsp3) is 0.500. The largest absolute Gasteiger partial charge is 0.480 e. The Kier molecular flexibility index (Phi) is 8.63. The monoisotopic (exact) mass is 350 g/mol. The molecule has 2 amide bonds. The second-order valence-electron chi connectivity index (χ2n) is 6.21. The lowest BCUT2D eigenvalue weighted by molar-refractivity contribution is -0.142. The second kappa shape index (κ2) is 10.5. The van der Waals surface area contributed by atoms with Crippen LogP contribution in [0.25, 0.3) is 0 Å². The molecule has 1 aromatic rings. The van der Waals surface area contributed by atoms with Crippen LogP contribution in [0.3, 0.4) is 0 Å². The van der Waals surface area contributed by atoms with Gasteiger partial charge < -0.3 is 20.5 Å². The van der Waals surface area contributed by atoms with Crippen LogP contribution in [0.5, 0.6) is 0 Å². The smallest absolute Gasteiger partial charge is 0.329 e. The van der Waals surface area contributed by atoms with Crippen molar-refractivity contribution in [2.75, 3.05) is 19.8 Å². The van der Waals surface area contributed by atoms with Crippen molar-refractivity contribution in [3.05, 3.63) is 35.4 Å². The Bertz CT molecular complexity index is 601. The summed E-state index contributed by atoms with van der Waals surface area (Å²) < 4.78 is 4.87. The minimum absolute atomic E-state index is 0.0954. The highest BCUT2D eigenvalue weighted by atomic mass is 16.5. The molecule has 1 aromatic carbocycles. The van der Waals surface area contributed by atoms with E-state index in [1.807, 2.05) is 32.9 Å². The van der Waals surface area contributed by atoms with Gasteiger partial charge in [-0.05, 0) is 30.9 Å². The van der Waals surface area contributed by atoms with Gasteiger partial charge in [-0.15, -0.1) is 0 Å². The van der Waals surface area contributed by atoms with E-state index in [4.69, 9.17) is 9.84 Å². The number of hydrogen-bond acceptors (Lipinski definition) is 4. The number of ether oxygens (including phenoxy) is 1. The molecule has 0 bridgehead atoms. The summed E-state index contributed by atoms with van der Waals surface area (Å²) in [6.45, 7) is 5.65. The van der Waals surface area contributed by atoms with Crippen LogP contribution in [0.15, 0.2) is 24.3 Å². The molecule has 0 saturated heterocycles. The molecule has 138 valence electrons. The van der Waals surface area contributed by atoms with E-state index >= 15 is 0 Å². The molecule has 7 nitrogen and oxygen atoms in total. The molecule has 0 heterocycles. The number of aliphatic carboxylic acids is 1. The van der Waals surface area contributed by atoms with E-state index in [2.05, 4.69) is 10.6 Å². The molecule has 3 N–H and O–H groups in total. The first kappa shape index (κ1) is 20.6. The molecule has 0 saturated carbocycles. The van der Waals surface area contributed by atoms with Crippen LogP contribution in [0.2, 0.25) is 0 Å².